The zero-order chi connectivity index (χ0) is 18.7. The summed E-state index contributed by atoms with van der Waals surface area (Å²) in [6.45, 7) is 3.39. The van der Waals surface area contributed by atoms with Crippen molar-refractivity contribution < 1.29 is 4.74 Å². The Hall–Kier alpha value is -2.43. The second-order valence-corrected chi connectivity index (χ2v) is 7.66. The van der Waals surface area contributed by atoms with Crippen LogP contribution in [0.3, 0.4) is 0 Å². The number of nitrogens with zero attached hydrogens (tertiary/aromatic N) is 2. The van der Waals surface area contributed by atoms with E-state index in [0.29, 0.717) is 13.2 Å². The fourth-order valence-corrected chi connectivity index (χ4v) is 4.04. The largest absolute Gasteiger partial charge is 0.398 e. The molecule has 140 valence electrons. The molecule has 4 nitrogen and oxygen atoms in total. The number of fused-ring (bicyclic) bond motifs is 1. The number of hydrogen-bond donors (Lipinski definition) is 1. The Morgan fingerprint density at radius 3 is 2.52 bits per heavy atom. The third-order valence-electron chi connectivity index (χ3n) is 5.76. The summed E-state index contributed by atoms with van der Waals surface area (Å²) in [6, 6.07) is 20.7. The Morgan fingerprint density at radius 2 is 1.74 bits per heavy atom. The Labute approximate surface area is 161 Å². The van der Waals surface area contributed by atoms with Crippen LogP contribution in [0, 0.1) is 0 Å². The Morgan fingerprint density at radius 1 is 1.04 bits per heavy atom. The number of hydrogen-bond acceptors (Lipinski definition) is 4. The average molecular weight is 361 g/mol. The van der Waals surface area contributed by atoms with Gasteiger partial charge in [-0.05, 0) is 50.7 Å². The summed E-state index contributed by atoms with van der Waals surface area (Å²) in [7, 11) is 2.19. The molecule has 27 heavy (non-hydrogen) atoms. The number of ether oxygens (including phenoxy) is 1. The van der Waals surface area contributed by atoms with Gasteiger partial charge in [0.25, 0.3) is 0 Å². The third-order valence-corrected chi connectivity index (χ3v) is 5.76. The van der Waals surface area contributed by atoms with Crippen molar-refractivity contribution in [2.24, 2.45) is 0 Å². The molecule has 0 amide bonds. The molecule has 0 unspecified atom stereocenters. The van der Waals surface area contributed by atoms with Gasteiger partial charge in [-0.3, -0.25) is 4.98 Å². The molecule has 0 aliphatic carbocycles. The molecule has 0 saturated carbocycles. The van der Waals surface area contributed by atoms with E-state index in [0.717, 1.165) is 48.2 Å². The third kappa shape index (κ3) is 3.82. The smallest absolute Gasteiger partial charge is 0.0889 e. The summed E-state index contributed by atoms with van der Waals surface area (Å²) in [5, 5.41) is 0.998. The van der Waals surface area contributed by atoms with Crippen molar-refractivity contribution in [3.63, 3.8) is 0 Å². The fourth-order valence-electron chi connectivity index (χ4n) is 4.04. The van der Waals surface area contributed by atoms with Gasteiger partial charge in [0, 0.05) is 16.5 Å². The number of likely N-dealkylation sites (tertiary alicyclic amines) is 1. The van der Waals surface area contributed by atoms with Crippen molar-refractivity contribution in [1.29, 1.82) is 0 Å². The number of benzene rings is 2. The number of rotatable bonds is 5. The summed E-state index contributed by atoms with van der Waals surface area (Å²) >= 11 is 0. The number of piperidine rings is 1. The van der Waals surface area contributed by atoms with Crippen LogP contribution in [0.4, 0.5) is 5.69 Å². The fraction of sp³-hybridized carbons (Fsp3) is 0.348. The minimum Gasteiger partial charge on any atom is -0.398 e. The first-order valence-corrected chi connectivity index (χ1v) is 9.62. The molecule has 3 aromatic rings. The van der Waals surface area contributed by atoms with Gasteiger partial charge < -0.3 is 15.4 Å². The van der Waals surface area contributed by atoms with Crippen molar-refractivity contribution in [1.82, 2.24) is 9.88 Å². The van der Waals surface area contributed by atoms with Crippen LogP contribution < -0.4 is 5.73 Å². The highest BCUT2D eigenvalue weighted by atomic mass is 16.5. The molecule has 0 atom stereocenters. The van der Waals surface area contributed by atoms with Gasteiger partial charge in [-0.1, -0.05) is 48.5 Å². The number of para-hydroxylation sites is 1. The highest BCUT2D eigenvalue weighted by molar-refractivity contribution is 5.90. The van der Waals surface area contributed by atoms with E-state index in [1.807, 2.05) is 30.3 Å². The van der Waals surface area contributed by atoms with Crippen LogP contribution in [0.2, 0.25) is 0 Å². The molecule has 1 saturated heterocycles. The lowest BCUT2D eigenvalue weighted by Gasteiger charge is -2.41. The molecule has 0 radical (unpaired) electrons. The van der Waals surface area contributed by atoms with Gasteiger partial charge in [-0.2, -0.15) is 0 Å². The Kier molecular flexibility index (Phi) is 5.10. The predicted molar refractivity (Wildman–Crippen MR) is 111 cm³/mol. The molecule has 1 fully saturated rings. The molecule has 0 bridgehead atoms. The van der Waals surface area contributed by atoms with E-state index in [1.54, 1.807) is 0 Å². The summed E-state index contributed by atoms with van der Waals surface area (Å²) in [5.41, 5.74) is 10.2. The second-order valence-electron chi connectivity index (χ2n) is 7.66. The molecule has 2 heterocycles. The van der Waals surface area contributed by atoms with Gasteiger partial charge in [0.15, 0.2) is 0 Å². The zero-order valence-corrected chi connectivity index (χ0v) is 15.9. The first kappa shape index (κ1) is 18.0. The quantitative estimate of drug-likeness (QED) is 0.746. The van der Waals surface area contributed by atoms with Gasteiger partial charge in [-0.15, -0.1) is 0 Å². The molecular weight excluding hydrogens is 334 g/mol. The number of pyridine rings is 1. The van der Waals surface area contributed by atoms with E-state index in [2.05, 4.69) is 42.3 Å². The molecule has 4 rings (SSSR count). The van der Waals surface area contributed by atoms with Crippen LogP contribution in [0.1, 0.15) is 24.1 Å². The summed E-state index contributed by atoms with van der Waals surface area (Å²) in [5.74, 6) is 0. The highest BCUT2D eigenvalue weighted by Gasteiger charge is 2.35. The van der Waals surface area contributed by atoms with Crippen LogP contribution in [0.15, 0.2) is 60.7 Å². The molecule has 0 spiro atoms. The number of anilines is 1. The van der Waals surface area contributed by atoms with Crippen molar-refractivity contribution >= 4 is 16.6 Å². The maximum absolute atomic E-state index is 6.22. The monoisotopic (exact) mass is 361 g/mol. The molecule has 2 aromatic carbocycles. The van der Waals surface area contributed by atoms with Gasteiger partial charge in [0.05, 0.1) is 24.4 Å². The van der Waals surface area contributed by atoms with E-state index >= 15 is 0 Å². The van der Waals surface area contributed by atoms with Crippen LogP contribution >= 0.6 is 0 Å². The lowest BCUT2D eigenvalue weighted by Crippen LogP contribution is -2.43. The first-order chi connectivity index (χ1) is 13.2. The Bertz CT molecular complexity index is 902. The van der Waals surface area contributed by atoms with E-state index in [9.17, 15) is 0 Å². The zero-order valence-electron chi connectivity index (χ0n) is 15.9. The van der Waals surface area contributed by atoms with E-state index in [-0.39, 0.29) is 5.41 Å². The predicted octanol–water partition coefficient (Wildman–Crippen LogP) is 4.00. The summed E-state index contributed by atoms with van der Waals surface area (Å²) in [4.78, 5) is 7.11. The molecule has 1 aromatic heterocycles. The maximum Gasteiger partial charge on any atom is 0.0889 e. The minimum atomic E-state index is 0.0795. The second kappa shape index (κ2) is 7.67. The van der Waals surface area contributed by atoms with Gasteiger partial charge in [-0.25, -0.2) is 0 Å². The minimum absolute atomic E-state index is 0.0795. The Balaban J connectivity index is 1.50. The lowest BCUT2D eigenvalue weighted by molar-refractivity contribution is 0.0395. The van der Waals surface area contributed by atoms with Crippen molar-refractivity contribution in [3.05, 3.63) is 71.9 Å². The van der Waals surface area contributed by atoms with Crippen molar-refractivity contribution in [2.45, 2.75) is 24.9 Å². The number of nitrogen functional groups attached to an aromatic ring is 1. The first-order valence-electron chi connectivity index (χ1n) is 9.62. The average Bonchev–Trinajstić information content (AvgIpc) is 2.70. The lowest BCUT2D eigenvalue weighted by atomic mass is 9.73. The molecule has 1 aliphatic rings. The normalized spacial score (nSPS) is 17.2. The number of aromatic nitrogens is 1. The van der Waals surface area contributed by atoms with Gasteiger partial charge in [0.1, 0.15) is 0 Å². The topological polar surface area (TPSA) is 51.4 Å². The van der Waals surface area contributed by atoms with Gasteiger partial charge >= 0.3 is 0 Å². The SMILES string of the molecule is CN1CCC(COCc2cc(N)c3ccccc3n2)(c2ccccc2)CC1. The maximum atomic E-state index is 6.22. The number of nitrogens with two attached hydrogens (primary N) is 1. The van der Waals surface area contributed by atoms with Crippen LogP contribution in [0.5, 0.6) is 0 Å². The van der Waals surface area contributed by atoms with Crippen LogP contribution in [-0.4, -0.2) is 36.6 Å². The summed E-state index contributed by atoms with van der Waals surface area (Å²) in [6.07, 6.45) is 2.22. The van der Waals surface area contributed by atoms with Crippen LogP contribution in [0.25, 0.3) is 10.9 Å². The molecule has 2 N–H and O–H groups in total. The van der Waals surface area contributed by atoms with Crippen molar-refractivity contribution in [3.8, 4) is 0 Å². The molecule has 1 aliphatic heterocycles. The van der Waals surface area contributed by atoms with Crippen LogP contribution in [-0.2, 0) is 16.8 Å². The van der Waals surface area contributed by atoms with E-state index in [4.69, 9.17) is 15.5 Å². The molecular formula is C23H27N3O. The van der Waals surface area contributed by atoms with E-state index < -0.39 is 0 Å². The summed E-state index contributed by atoms with van der Waals surface area (Å²) < 4.78 is 6.22. The molecule has 4 heteroatoms. The van der Waals surface area contributed by atoms with Gasteiger partial charge in [0.2, 0.25) is 0 Å². The standard InChI is InChI=1S/C23H27N3O/c1-26-13-11-23(12-14-26,18-7-3-2-4-8-18)17-27-16-19-15-21(24)20-9-5-6-10-22(20)25-19/h2-10,15H,11-14,16-17H2,1H3,(H2,24,25). The highest BCUT2D eigenvalue weighted by Crippen LogP contribution is 2.35. The van der Waals surface area contributed by atoms with Crippen molar-refractivity contribution in [2.75, 3.05) is 32.5 Å². The van der Waals surface area contributed by atoms with E-state index in [1.165, 1.54) is 5.56 Å².